The summed E-state index contributed by atoms with van der Waals surface area (Å²) in [6.07, 6.45) is 2.83. The van der Waals surface area contributed by atoms with Gasteiger partial charge in [0.25, 0.3) is 5.69 Å². The van der Waals surface area contributed by atoms with Crippen LogP contribution in [0.5, 0.6) is 0 Å². The first-order valence-electron chi connectivity index (χ1n) is 8.89. The molecule has 30 heavy (non-hydrogen) atoms. The summed E-state index contributed by atoms with van der Waals surface area (Å²) in [6.45, 7) is 1.97. The zero-order chi connectivity index (χ0) is 21.7. The summed E-state index contributed by atoms with van der Waals surface area (Å²) in [6, 6.07) is 13.5. The summed E-state index contributed by atoms with van der Waals surface area (Å²) in [4.78, 5) is 34.9. The Morgan fingerprint density at radius 2 is 1.77 bits per heavy atom. The number of thiophene rings is 1. The van der Waals surface area contributed by atoms with E-state index >= 15 is 0 Å². The second kappa shape index (κ2) is 9.15. The van der Waals surface area contributed by atoms with Crippen LogP contribution in [0.25, 0.3) is 17.2 Å². The Kier molecular flexibility index (Phi) is 6.38. The minimum Gasteiger partial charge on any atom is -0.465 e. The average Bonchev–Trinajstić information content (AvgIpc) is 3.15. The fourth-order valence-electron chi connectivity index (χ4n) is 2.73. The van der Waals surface area contributed by atoms with Gasteiger partial charge in [-0.15, -0.1) is 11.3 Å². The normalized spacial score (nSPS) is 10.7. The van der Waals surface area contributed by atoms with E-state index in [4.69, 9.17) is 4.74 Å². The van der Waals surface area contributed by atoms with Gasteiger partial charge in [-0.3, -0.25) is 14.9 Å². The van der Waals surface area contributed by atoms with Crippen LogP contribution in [-0.2, 0) is 9.53 Å². The number of nitrogens with zero attached hydrogens (tertiary/aromatic N) is 1. The lowest BCUT2D eigenvalue weighted by Crippen LogP contribution is -2.11. The summed E-state index contributed by atoms with van der Waals surface area (Å²) in [5, 5.41) is 15.6. The molecule has 0 unspecified atom stereocenters. The zero-order valence-corrected chi connectivity index (χ0v) is 17.1. The van der Waals surface area contributed by atoms with Crippen molar-refractivity contribution in [2.24, 2.45) is 0 Å². The minimum absolute atomic E-state index is 0.0263. The third kappa shape index (κ3) is 4.79. The Bertz CT molecular complexity index is 1120. The number of hydrogen-bond acceptors (Lipinski definition) is 6. The number of hydrogen-bond donors (Lipinski definition) is 1. The number of rotatable bonds is 6. The largest absolute Gasteiger partial charge is 0.465 e. The molecule has 0 saturated heterocycles. The molecule has 3 aromatic rings. The molecule has 1 aromatic heterocycles. The highest BCUT2D eigenvalue weighted by atomic mass is 32.1. The van der Waals surface area contributed by atoms with Gasteiger partial charge >= 0.3 is 5.97 Å². The van der Waals surface area contributed by atoms with Crippen molar-refractivity contribution < 1.29 is 19.2 Å². The maximum absolute atomic E-state index is 12.4. The quantitative estimate of drug-likeness (QED) is 0.259. The maximum atomic E-state index is 12.4. The van der Waals surface area contributed by atoms with Gasteiger partial charge < -0.3 is 10.1 Å². The minimum atomic E-state index is -0.540. The molecule has 152 valence electrons. The third-order valence-electron chi connectivity index (χ3n) is 4.31. The molecular formula is C22H18N2O5S. The fourth-order valence-corrected chi connectivity index (χ4v) is 3.69. The summed E-state index contributed by atoms with van der Waals surface area (Å²) < 4.78 is 4.91. The number of nitro benzene ring substituents is 1. The topological polar surface area (TPSA) is 98.5 Å². The highest BCUT2D eigenvalue weighted by molar-refractivity contribution is 7.15. The molecule has 0 atom stereocenters. The van der Waals surface area contributed by atoms with Crippen LogP contribution in [0.1, 0.15) is 21.5 Å². The molecule has 0 saturated carbocycles. The molecule has 1 amide bonds. The first-order valence-corrected chi connectivity index (χ1v) is 9.77. The molecule has 1 heterocycles. The smallest absolute Gasteiger partial charge is 0.341 e. The molecule has 0 fully saturated rings. The Morgan fingerprint density at radius 1 is 1.10 bits per heavy atom. The van der Waals surface area contributed by atoms with Gasteiger partial charge in [-0.25, -0.2) is 4.79 Å². The number of benzene rings is 2. The van der Waals surface area contributed by atoms with E-state index in [9.17, 15) is 19.7 Å². The van der Waals surface area contributed by atoms with Crippen LogP contribution >= 0.6 is 11.3 Å². The van der Waals surface area contributed by atoms with Crippen LogP contribution in [-0.4, -0.2) is 23.9 Å². The van der Waals surface area contributed by atoms with E-state index in [2.05, 4.69) is 5.32 Å². The zero-order valence-electron chi connectivity index (χ0n) is 16.2. The fraction of sp³-hybridized carbons (Fsp3) is 0.0909. The van der Waals surface area contributed by atoms with Gasteiger partial charge in [0.2, 0.25) is 5.91 Å². The first kappa shape index (κ1) is 20.9. The first-order chi connectivity index (χ1) is 14.4. The molecule has 0 aliphatic rings. The number of carbonyl (C=O) groups excluding carboxylic acids is 2. The van der Waals surface area contributed by atoms with Gasteiger partial charge in [0.05, 0.1) is 12.0 Å². The van der Waals surface area contributed by atoms with Gasteiger partial charge in [0.1, 0.15) is 10.6 Å². The number of anilines is 1. The van der Waals surface area contributed by atoms with Crippen molar-refractivity contribution in [3.8, 4) is 11.1 Å². The lowest BCUT2D eigenvalue weighted by Gasteiger charge is -2.07. The van der Waals surface area contributed by atoms with Crippen LogP contribution in [0.2, 0.25) is 0 Å². The lowest BCUT2D eigenvalue weighted by atomic mass is 10.0. The second-order valence-corrected chi connectivity index (χ2v) is 7.26. The van der Waals surface area contributed by atoms with Gasteiger partial charge in [-0.05, 0) is 36.3 Å². The molecule has 0 spiro atoms. The number of non-ortho nitro benzene ring substituents is 1. The van der Waals surface area contributed by atoms with Crippen LogP contribution in [0.15, 0.2) is 60.0 Å². The monoisotopic (exact) mass is 422 g/mol. The van der Waals surface area contributed by atoms with Crippen LogP contribution in [0, 0.1) is 17.0 Å². The predicted octanol–water partition coefficient (Wildman–Crippen LogP) is 5.07. The molecule has 8 heteroatoms. The lowest BCUT2D eigenvalue weighted by molar-refractivity contribution is -0.384. The number of nitrogens with one attached hydrogen (secondary N) is 1. The van der Waals surface area contributed by atoms with E-state index in [1.54, 1.807) is 17.5 Å². The maximum Gasteiger partial charge on any atom is 0.341 e. The van der Waals surface area contributed by atoms with Gasteiger partial charge in [-0.2, -0.15) is 0 Å². The Balaban J connectivity index is 1.81. The second-order valence-electron chi connectivity index (χ2n) is 6.38. The number of esters is 1. The SMILES string of the molecule is COC(=O)c1c(-c2ccc(C)cc2)csc1NC(=O)/C=C/c1ccc([N+](=O)[O-])cc1. The number of ether oxygens (including phenoxy) is 1. The van der Waals surface area contributed by atoms with Crippen molar-refractivity contribution in [3.63, 3.8) is 0 Å². The van der Waals surface area contributed by atoms with Crippen LogP contribution in [0.3, 0.4) is 0 Å². The average molecular weight is 422 g/mol. The van der Waals surface area contributed by atoms with E-state index in [0.717, 1.165) is 11.1 Å². The molecule has 3 rings (SSSR count). The number of carbonyl (C=O) groups is 2. The highest BCUT2D eigenvalue weighted by Gasteiger charge is 2.21. The van der Waals surface area contributed by atoms with E-state index < -0.39 is 16.8 Å². The molecule has 2 aromatic carbocycles. The number of methoxy groups -OCH3 is 1. The third-order valence-corrected chi connectivity index (χ3v) is 5.21. The van der Waals surface area contributed by atoms with Crippen molar-refractivity contribution in [1.29, 1.82) is 0 Å². The van der Waals surface area contributed by atoms with E-state index in [-0.39, 0.29) is 5.69 Å². The number of aryl methyl sites for hydroxylation is 1. The van der Waals surface area contributed by atoms with Crippen LogP contribution in [0.4, 0.5) is 10.7 Å². The van der Waals surface area contributed by atoms with Crippen molar-refractivity contribution in [2.75, 3.05) is 12.4 Å². The summed E-state index contributed by atoms with van der Waals surface area (Å²) in [5.74, 6) is -0.975. The Morgan fingerprint density at radius 3 is 2.37 bits per heavy atom. The molecule has 0 radical (unpaired) electrons. The number of nitro groups is 1. The van der Waals surface area contributed by atoms with Gasteiger partial charge in [0, 0.05) is 29.2 Å². The van der Waals surface area contributed by atoms with Gasteiger partial charge in [0.15, 0.2) is 0 Å². The summed E-state index contributed by atoms with van der Waals surface area (Å²) in [5.41, 5.74) is 3.53. The van der Waals surface area contributed by atoms with E-state index in [1.165, 1.54) is 42.7 Å². The Hall–Kier alpha value is -3.78. The Labute approximate surface area is 176 Å². The van der Waals surface area contributed by atoms with E-state index in [1.807, 2.05) is 31.2 Å². The molecule has 7 nitrogen and oxygen atoms in total. The molecule has 0 bridgehead atoms. The highest BCUT2D eigenvalue weighted by Crippen LogP contribution is 2.36. The van der Waals surface area contributed by atoms with Crippen LogP contribution < -0.4 is 5.32 Å². The van der Waals surface area contributed by atoms with Crippen molar-refractivity contribution in [3.05, 3.63) is 86.8 Å². The molecule has 0 aliphatic heterocycles. The van der Waals surface area contributed by atoms with Crippen molar-refractivity contribution in [2.45, 2.75) is 6.92 Å². The van der Waals surface area contributed by atoms with Crippen molar-refractivity contribution in [1.82, 2.24) is 0 Å². The molecule has 0 aliphatic carbocycles. The standard InChI is InChI=1S/C22H18N2O5S/c1-14-3-8-16(9-4-14)18-13-30-21(20(18)22(26)29-2)23-19(25)12-7-15-5-10-17(11-6-15)24(27)28/h3-13H,1-2H3,(H,23,25)/b12-7+. The summed E-state index contributed by atoms with van der Waals surface area (Å²) in [7, 11) is 1.29. The molecule has 1 N–H and O–H groups in total. The molecular weight excluding hydrogens is 404 g/mol. The summed E-state index contributed by atoms with van der Waals surface area (Å²) >= 11 is 1.23. The predicted molar refractivity (Wildman–Crippen MR) is 117 cm³/mol. The van der Waals surface area contributed by atoms with E-state index in [0.29, 0.717) is 21.7 Å². The van der Waals surface area contributed by atoms with Crippen molar-refractivity contribution >= 4 is 40.0 Å². The van der Waals surface area contributed by atoms with Gasteiger partial charge in [-0.1, -0.05) is 29.8 Å². The number of amides is 1.